The maximum absolute atomic E-state index is 13.5. The summed E-state index contributed by atoms with van der Waals surface area (Å²) in [6.07, 6.45) is 8.44. The monoisotopic (exact) mass is 582 g/mol. The molecule has 4 fully saturated rings. The lowest BCUT2D eigenvalue weighted by Gasteiger charge is -2.49. The molecule has 5 rings (SSSR count). The van der Waals surface area contributed by atoms with Crippen LogP contribution in [0.3, 0.4) is 0 Å². The van der Waals surface area contributed by atoms with E-state index in [0.29, 0.717) is 83.4 Å². The third-order valence-electron chi connectivity index (χ3n) is 10.8. The predicted octanol–water partition coefficient (Wildman–Crippen LogP) is 0.226. The van der Waals surface area contributed by atoms with Crippen LogP contribution in [-0.2, 0) is 28.6 Å². The van der Waals surface area contributed by atoms with Crippen molar-refractivity contribution in [1.82, 2.24) is 0 Å². The Balaban J connectivity index is 1.16. The first-order valence-corrected chi connectivity index (χ1v) is 15.4. The second-order valence-corrected chi connectivity index (χ2v) is 13.1. The Morgan fingerprint density at radius 1 is 0.805 bits per heavy atom. The number of hydrogen-bond acceptors (Lipinski definition) is 6. The number of nitrogens with zero attached hydrogens (tertiary/aromatic N) is 4. The molecule has 5 heterocycles. The number of carbonyl (C=O) groups excluding carboxylic acids is 1. The number of carboxylic acids is 2. The molecule has 0 aromatic rings. The smallest absolute Gasteiger partial charge is 0.477 e. The third-order valence-corrected chi connectivity index (χ3v) is 10.8. The van der Waals surface area contributed by atoms with Gasteiger partial charge in [-0.3, -0.25) is 4.79 Å². The molecule has 1 spiro atoms. The average Bonchev–Trinajstić information content (AvgIpc) is 3.51. The molecule has 0 bridgehead atoms. The predicted molar refractivity (Wildman–Crippen MR) is 147 cm³/mol. The molecule has 0 aromatic heterocycles. The highest BCUT2D eigenvalue weighted by Crippen LogP contribution is 2.61. The van der Waals surface area contributed by atoms with Gasteiger partial charge in [-0.05, 0) is 25.7 Å². The molecule has 0 saturated carbocycles. The van der Waals surface area contributed by atoms with Crippen molar-refractivity contribution in [1.29, 1.82) is 0 Å². The summed E-state index contributed by atoms with van der Waals surface area (Å²) in [7, 11) is 2.19. The molecule has 0 aliphatic carbocycles. The van der Waals surface area contributed by atoms with Gasteiger partial charge in [-0.2, -0.15) is 8.97 Å². The van der Waals surface area contributed by atoms with E-state index in [2.05, 4.69) is 19.2 Å². The van der Waals surface area contributed by atoms with Gasteiger partial charge in [-0.15, -0.1) is 8.97 Å². The first kappa shape index (κ1) is 30.5. The standard InChI is InChI=1S/C29H48N4O8/c1-30-9-11-31(21-25(34)7-6-17-39-19-20-40-24-26-8-4-2-3-5-18-41-26)13-14-33(23-28(37)38)16-15-32(12-10-30,22-27(35)36)29(30,31)33/h2-3,26H,4-24H2,1H3/q+2/p+2/b3-2+/t26-,29?,30?,31?,32?,33?/m1/s1. The summed E-state index contributed by atoms with van der Waals surface area (Å²) < 4.78 is 19.3. The highest BCUT2D eigenvalue weighted by molar-refractivity contribution is 5.79. The molecule has 41 heavy (non-hydrogen) atoms. The van der Waals surface area contributed by atoms with Crippen LogP contribution in [0.4, 0.5) is 0 Å². The van der Waals surface area contributed by atoms with Crippen LogP contribution in [-0.4, -0.2) is 170 Å². The summed E-state index contributed by atoms with van der Waals surface area (Å²) in [5.74, 6) is -2.18. The molecule has 12 nitrogen and oxygen atoms in total. The van der Waals surface area contributed by atoms with Gasteiger partial charge in [0, 0.05) is 13.0 Å². The van der Waals surface area contributed by atoms with Gasteiger partial charge in [0.2, 0.25) is 0 Å². The normalized spacial score (nSPS) is 40.1. The Kier molecular flexibility index (Phi) is 8.92. The van der Waals surface area contributed by atoms with Crippen LogP contribution in [0, 0.1) is 0 Å². The molecule has 0 radical (unpaired) electrons. The molecule has 5 aliphatic heterocycles. The van der Waals surface area contributed by atoms with E-state index in [-0.39, 0.29) is 25.0 Å². The van der Waals surface area contributed by atoms with Crippen molar-refractivity contribution in [2.45, 2.75) is 44.1 Å². The molecule has 230 valence electrons. The number of rotatable bonds is 15. The fourth-order valence-electron chi connectivity index (χ4n) is 9.69. The van der Waals surface area contributed by atoms with E-state index >= 15 is 0 Å². The molecule has 2 N–H and O–H groups in total. The number of aliphatic carboxylic acids is 2. The zero-order chi connectivity index (χ0) is 29.2. The van der Waals surface area contributed by atoms with Crippen molar-refractivity contribution in [3.8, 4) is 0 Å². The summed E-state index contributed by atoms with van der Waals surface area (Å²) in [4.78, 5) is 37.9. The van der Waals surface area contributed by atoms with E-state index in [0.717, 1.165) is 58.6 Å². The van der Waals surface area contributed by atoms with Crippen LogP contribution in [0.15, 0.2) is 12.2 Å². The summed E-state index contributed by atoms with van der Waals surface area (Å²) >= 11 is 0. The van der Waals surface area contributed by atoms with Gasteiger partial charge in [0.25, 0.3) is 0 Å². The van der Waals surface area contributed by atoms with Crippen molar-refractivity contribution in [2.24, 2.45) is 0 Å². The lowest BCUT2D eigenvalue weighted by atomic mass is 10.1. The zero-order valence-corrected chi connectivity index (χ0v) is 24.7. The number of Topliss-reactive ketones (excluding diaryl/α,β-unsaturated/α-hetero) is 1. The van der Waals surface area contributed by atoms with E-state index in [1.165, 1.54) is 0 Å². The van der Waals surface area contributed by atoms with Crippen molar-refractivity contribution in [2.75, 3.05) is 112 Å². The fraction of sp³-hybridized carbons (Fsp3) is 0.828. The van der Waals surface area contributed by atoms with Crippen molar-refractivity contribution in [3.63, 3.8) is 0 Å². The molecule has 6 atom stereocenters. The summed E-state index contributed by atoms with van der Waals surface area (Å²) in [5.41, 5.74) is 0. The molecule has 0 amide bonds. The number of allylic oxidation sites excluding steroid dienone is 1. The van der Waals surface area contributed by atoms with Gasteiger partial charge in [-0.1, -0.05) is 12.2 Å². The number of quaternary nitrogens is 4. The van der Waals surface area contributed by atoms with E-state index < -0.39 is 17.8 Å². The maximum Gasteiger partial charge on any atom is 0.482 e. The van der Waals surface area contributed by atoms with Crippen LogP contribution >= 0.6 is 0 Å². The van der Waals surface area contributed by atoms with E-state index in [9.17, 15) is 24.6 Å². The quantitative estimate of drug-likeness (QED) is 0.160. The number of likely N-dealkylation sites (N-methyl/N-ethyl adjacent to an activating group) is 1. The molecular formula is C29H50N4O8+4. The Morgan fingerprint density at radius 2 is 1.37 bits per heavy atom. The van der Waals surface area contributed by atoms with Gasteiger partial charge in [0.15, 0.2) is 25.4 Å². The lowest BCUT2D eigenvalue weighted by Crippen LogP contribution is -2.85. The first-order valence-electron chi connectivity index (χ1n) is 15.4. The Morgan fingerprint density at radius 3 is 2.00 bits per heavy atom. The summed E-state index contributed by atoms with van der Waals surface area (Å²) in [6, 6.07) is 0. The molecule has 5 unspecified atom stereocenters. The molecule has 5 aliphatic rings. The van der Waals surface area contributed by atoms with Gasteiger partial charge in [0.1, 0.15) is 52.4 Å². The van der Waals surface area contributed by atoms with E-state index in [1.807, 2.05) is 0 Å². The van der Waals surface area contributed by atoms with Crippen molar-refractivity contribution in [3.05, 3.63) is 12.2 Å². The summed E-state index contributed by atoms with van der Waals surface area (Å²) in [5, 5.41) is 20.0. The topological polar surface area (TPSA) is 119 Å². The Bertz CT molecular complexity index is 1020. The number of ether oxygens (including phenoxy) is 3. The summed E-state index contributed by atoms with van der Waals surface area (Å²) in [6.45, 7) is 8.95. The SMILES string of the molecule is C[N+]12CC[N+]3(CC(=O)O)CC[N+]4(CC(=O)O)CC[N+](CC(=O)CCCOCCOC[C@H]5CC/C=C/CCO5)(CC1)C234. The van der Waals surface area contributed by atoms with Gasteiger partial charge < -0.3 is 24.4 Å². The second-order valence-electron chi connectivity index (χ2n) is 13.1. The van der Waals surface area contributed by atoms with Crippen molar-refractivity contribution < 1.29 is 56.7 Å². The lowest BCUT2D eigenvalue weighted by molar-refractivity contribution is -1.36. The molecule has 12 heteroatoms. The number of hydrogen-bond donors (Lipinski definition) is 2. The maximum atomic E-state index is 13.5. The Labute approximate surface area is 243 Å². The second kappa shape index (κ2) is 12.0. The minimum atomic E-state index is -0.845. The van der Waals surface area contributed by atoms with Crippen LogP contribution in [0.2, 0.25) is 0 Å². The average molecular weight is 583 g/mol. The number of ketones is 1. The van der Waals surface area contributed by atoms with Gasteiger partial charge in [-0.25, -0.2) is 9.59 Å². The van der Waals surface area contributed by atoms with Crippen LogP contribution in [0.1, 0.15) is 32.1 Å². The minimum absolute atomic E-state index is 0.0124. The number of carboxylic acid groups (broad SMARTS) is 2. The van der Waals surface area contributed by atoms with Crippen LogP contribution in [0.25, 0.3) is 0 Å². The first-order chi connectivity index (χ1) is 19.6. The highest BCUT2D eigenvalue weighted by atomic mass is 16.5. The molecule has 4 saturated heterocycles. The fourth-order valence-corrected chi connectivity index (χ4v) is 9.69. The van der Waals surface area contributed by atoms with Gasteiger partial charge in [0.05, 0.1) is 39.6 Å². The Hall–Kier alpha value is -1.93. The third kappa shape index (κ3) is 5.15. The minimum Gasteiger partial charge on any atom is -0.477 e. The van der Waals surface area contributed by atoms with Gasteiger partial charge >= 0.3 is 17.8 Å². The largest absolute Gasteiger partial charge is 0.482 e. The number of carbonyl (C=O) groups is 3. The van der Waals surface area contributed by atoms with Crippen LogP contribution in [0.5, 0.6) is 0 Å². The van der Waals surface area contributed by atoms with E-state index in [4.69, 9.17) is 14.2 Å². The zero-order valence-electron chi connectivity index (χ0n) is 24.7. The van der Waals surface area contributed by atoms with Crippen molar-refractivity contribution >= 4 is 17.7 Å². The molecule has 0 aromatic carbocycles. The molecular weight excluding hydrogens is 532 g/mol. The highest BCUT2D eigenvalue weighted by Gasteiger charge is 2.98. The van der Waals surface area contributed by atoms with Crippen LogP contribution < -0.4 is 0 Å². The van der Waals surface area contributed by atoms with E-state index in [1.54, 1.807) is 0 Å².